The van der Waals surface area contributed by atoms with Gasteiger partial charge in [0.25, 0.3) is 0 Å². The normalized spacial score (nSPS) is 8.75. The Balaban J connectivity index is 3.49. The van der Waals surface area contributed by atoms with Crippen LogP contribution < -0.4 is 5.32 Å². The first kappa shape index (κ1) is 7.73. The van der Waals surface area contributed by atoms with Crippen molar-refractivity contribution in [1.29, 1.82) is 0 Å². The molecule has 0 saturated heterocycles. The highest BCUT2D eigenvalue weighted by Crippen LogP contribution is 2.06. The molecule has 0 unspecified atom stereocenters. The molecule has 0 radical (unpaired) electrons. The molecule has 0 aliphatic carbocycles. The van der Waals surface area contributed by atoms with Gasteiger partial charge in [-0.25, -0.2) is 0 Å². The number of nitrogens with one attached hydrogen (secondary N) is 1. The topological polar surface area (TPSA) is 12.0 Å². The van der Waals surface area contributed by atoms with Crippen LogP contribution in [-0.2, 0) is 0 Å². The van der Waals surface area contributed by atoms with Crippen LogP contribution in [0, 0.1) is 0 Å². The van der Waals surface area contributed by atoms with E-state index in [-0.39, 0.29) is 0 Å². The standard InChI is InChI=1S/C6H10ClN/c1-5(4-8-3)6(2)7/h8H,1-2,4H2,3H3. The summed E-state index contributed by atoms with van der Waals surface area (Å²) < 4.78 is 0. The van der Waals surface area contributed by atoms with E-state index in [4.69, 9.17) is 11.6 Å². The summed E-state index contributed by atoms with van der Waals surface area (Å²) in [5.41, 5.74) is 0.842. The van der Waals surface area contributed by atoms with Crippen molar-refractivity contribution in [1.82, 2.24) is 5.32 Å². The summed E-state index contributed by atoms with van der Waals surface area (Å²) in [5.74, 6) is 0. The monoisotopic (exact) mass is 131 g/mol. The molecule has 1 N–H and O–H groups in total. The second kappa shape index (κ2) is 3.70. The highest BCUT2D eigenvalue weighted by molar-refractivity contribution is 6.31. The number of rotatable bonds is 3. The summed E-state index contributed by atoms with van der Waals surface area (Å²) in [6.07, 6.45) is 0. The Morgan fingerprint density at radius 2 is 2.12 bits per heavy atom. The molecule has 0 spiro atoms. The van der Waals surface area contributed by atoms with Crippen molar-refractivity contribution in [3.05, 3.63) is 23.8 Å². The fourth-order valence-corrected chi connectivity index (χ4v) is 0.376. The summed E-state index contributed by atoms with van der Waals surface area (Å²) in [4.78, 5) is 0. The van der Waals surface area contributed by atoms with E-state index in [1.165, 1.54) is 0 Å². The van der Waals surface area contributed by atoms with Crippen molar-refractivity contribution in [2.24, 2.45) is 0 Å². The van der Waals surface area contributed by atoms with Crippen molar-refractivity contribution < 1.29 is 0 Å². The van der Waals surface area contributed by atoms with Crippen LogP contribution in [-0.4, -0.2) is 13.6 Å². The van der Waals surface area contributed by atoms with E-state index in [0.717, 1.165) is 5.57 Å². The fraction of sp³-hybridized carbons (Fsp3) is 0.333. The maximum absolute atomic E-state index is 5.47. The summed E-state index contributed by atoms with van der Waals surface area (Å²) in [7, 11) is 1.84. The highest BCUT2D eigenvalue weighted by atomic mass is 35.5. The van der Waals surface area contributed by atoms with Gasteiger partial charge in [-0.2, -0.15) is 0 Å². The summed E-state index contributed by atoms with van der Waals surface area (Å²) in [5, 5.41) is 3.43. The van der Waals surface area contributed by atoms with Crippen LogP contribution in [0.2, 0.25) is 0 Å². The first-order valence-corrected chi connectivity index (χ1v) is 2.73. The molecule has 0 aromatic carbocycles. The number of hydrogen-bond donors (Lipinski definition) is 1. The van der Waals surface area contributed by atoms with Gasteiger partial charge >= 0.3 is 0 Å². The summed E-state index contributed by atoms with van der Waals surface area (Å²) >= 11 is 5.47. The predicted octanol–water partition coefficient (Wildman–Crippen LogP) is 1.51. The third-order valence-electron chi connectivity index (χ3n) is 0.774. The molecule has 46 valence electrons. The largest absolute Gasteiger partial charge is 0.316 e. The second-order valence-corrected chi connectivity index (χ2v) is 2.00. The van der Waals surface area contributed by atoms with Crippen molar-refractivity contribution in [2.75, 3.05) is 13.6 Å². The average molecular weight is 132 g/mol. The minimum atomic E-state index is 0.527. The molecule has 0 atom stereocenters. The van der Waals surface area contributed by atoms with E-state index in [9.17, 15) is 0 Å². The molecule has 2 heteroatoms. The molecule has 0 aromatic heterocycles. The van der Waals surface area contributed by atoms with E-state index in [2.05, 4.69) is 18.5 Å². The Labute approximate surface area is 55.0 Å². The Hall–Kier alpha value is -0.270. The Morgan fingerprint density at radius 1 is 1.62 bits per heavy atom. The Morgan fingerprint density at radius 3 is 2.25 bits per heavy atom. The lowest BCUT2D eigenvalue weighted by Crippen LogP contribution is -2.09. The second-order valence-electron chi connectivity index (χ2n) is 1.54. The highest BCUT2D eigenvalue weighted by Gasteiger charge is 1.91. The molecule has 0 amide bonds. The molecule has 0 fully saturated rings. The van der Waals surface area contributed by atoms with Gasteiger partial charge < -0.3 is 5.32 Å². The van der Waals surface area contributed by atoms with Gasteiger partial charge in [-0.1, -0.05) is 24.8 Å². The van der Waals surface area contributed by atoms with E-state index < -0.39 is 0 Å². The van der Waals surface area contributed by atoms with Gasteiger partial charge in [-0.05, 0) is 12.6 Å². The lowest BCUT2D eigenvalue weighted by atomic mass is 10.3. The molecule has 0 bridgehead atoms. The molecule has 0 saturated carbocycles. The van der Waals surface area contributed by atoms with Crippen molar-refractivity contribution in [3.63, 3.8) is 0 Å². The molecular weight excluding hydrogens is 122 g/mol. The summed E-state index contributed by atoms with van der Waals surface area (Å²) in [6.45, 7) is 7.86. The third-order valence-corrected chi connectivity index (χ3v) is 1.04. The minimum absolute atomic E-state index is 0.527. The molecule has 0 heterocycles. The van der Waals surface area contributed by atoms with Crippen LogP contribution in [0.4, 0.5) is 0 Å². The molecule has 1 nitrogen and oxygen atoms in total. The van der Waals surface area contributed by atoms with Crippen LogP contribution in [0.5, 0.6) is 0 Å². The molecule has 0 aliphatic heterocycles. The van der Waals surface area contributed by atoms with Crippen LogP contribution in [0.15, 0.2) is 23.8 Å². The van der Waals surface area contributed by atoms with E-state index in [1.807, 2.05) is 7.05 Å². The SMILES string of the molecule is C=C(Cl)C(=C)CNC. The summed E-state index contributed by atoms with van der Waals surface area (Å²) in [6, 6.07) is 0. The fourth-order valence-electron chi connectivity index (χ4n) is 0.309. The predicted molar refractivity (Wildman–Crippen MR) is 38.1 cm³/mol. The molecule has 0 aromatic rings. The van der Waals surface area contributed by atoms with Crippen LogP contribution in [0.1, 0.15) is 0 Å². The first-order valence-electron chi connectivity index (χ1n) is 2.35. The van der Waals surface area contributed by atoms with E-state index in [1.54, 1.807) is 0 Å². The van der Waals surface area contributed by atoms with E-state index >= 15 is 0 Å². The van der Waals surface area contributed by atoms with Gasteiger partial charge in [0.1, 0.15) is 0 Å². The van der Waals surface area contributed by atoms with Gasteiger partial charge in [-0.3, -0.25) is 0 Å². The number of likely N-dealkylation sites (N-methyl/N-ethyl adjacent to an activating group) is 1. The first-order chi connectivity index (χ1) is 3.68. The molecular formula is C6H10ClN. The van der Waals surface area contributed by atoms with E-state index in [0.29, 0.717) is 11.6 Å². The van der Waals surface area contributed by atoms with Crippen molar-refractivity contribution in [2.45, 2.75) is 0 Å². The molecule has 8 heavy (non-hydrogen) atoms. The van der Waals surface area contributed by atoms with Crippen molar-refractivity contribution >= 4 is 11.6 Å². The quantitative estimate of drug-likeness (QED) is 0.573. The lowest BCUT2D eigenvalue weighted by Gasteiger charge is -1.98. The third kappa shape index (κ3) is 2.83. The average Bonchev–Trinajstić information content (AvgIpc) is 1.67. The molecule has 0 aliphatic rings. The van der Waals surface area contributed by atoms with Gasteiger partial charge in [0.2, 0.25) is 0 Å². The zero-order valence-electron chi connectivity index (χ0n) is 5.00. The zero-order valence-corrected chi connectivity index (χ0v) is 5.76. The Bertz CT molecular complexity index is 107. The van der Waals surface area contributed by atoms with Gasteiger partial charge in [0.05, 0.1) is 0 Å². The van der Waals surface area contributed by atoms with Gasteiger partial charge in [0, 0.05) is 11.6 Å². The van der Waals surface area contributed by atoms with Crippen LogP contribution in [0.25, 0.3) is 0 Å². The maximum atomic E-state index is 5.47. The Kier molecular flexibility index (Phi) is 3.57. The number of halogens is 1. The lowest BCUT2D eigenvalue weighted by molar-refractivity contribution is 0.896. The minimum Gasteiger partial charge on any atom is -0.316 e. The number of hydrogen-bond acceptors (Lipinski definition) is 1. The smallest absolute Gasteiger partial charge is 0.0373 e. The zero-order chi connectivity index (χ0) is 6.57. The van der Waals surface area contributed by atoms with Crippen LogP contribution in [0.3, 0.4) is 0 Å². The van der Waals surface area contributed by atoms with Gasteiger partial charge in [-0.15, -0.1) is 0 Å². The molecule has 0 rings (SSSR count). The van der Waals surface area contributed by atoms with Crippen molar-refractivity contribution in [3.8, 4) is 0 Å². The maximum Gasteiger partial charge on any atom is 0.0373 e. The van der Waals surface area contributed by atoms with Gasteiger partial charge in [0.15, 0.2) is 0 Å². The van der Waals surface area contributed by atoms with Crippen LogP contribution >= 0.6 is 11.6 Å².